The summed E-state index contributed by atoms with van der Waals surface area (Å²) >= 11 is 0. The molecule has 0 spiro atoms. The molecule has 3 fully saturated rings. The first-order valence-electron chi connectivity index (χ1n) is 10.5. The highest BCUT2D eigenvalue weighted by Crippen LogP contribution is 2.33. The molecule has 0 bridgehead atoms. The Labute approximate surface area is 170 Å². The average Bonchev–Trinajstić information content (AvgIpc) is 3.51. The van der Waals surface area contributed by atoms with Crippen LogP contribution < -0.4 is 4.90 Å². The molecule has 2 aliphatic heterocycles. The first-order chi connectivity index (χ1) is 14.3. The summed E-state index contributed by atoms with van der Waals surface area (Å²) in [7, 11) is 0. The summed E-state index contributed by atoms with van der Waals surface area (Å²) in [5.41, 5.74) is 2.69. The summed E-state index contributed by atoms with van der Waals surface area (Å²) in [4.78, 5) is 26.3. The van der Waals surface area contributed by atoms with Gasteiger partial charge in [0.25, 0.3) is 5.91 Å². The summed E-state index contributed by atoms with van der Waals surface area (Å²) in [6.45, 7) is 6.48. The molecule has 0 unspecified atom stereocenters. The number of morpholine rings is 2. The lowest BCUT2D eigenvalue weighted by molar-refractivity contribution is 0.0295. The van der Waals surface area contributed by atoms with Crippen LogP contribution >= 0.6 is 0 Å². The number of nitrogens with zero attached hydrogens (tertiary/aromatic N) is 5. The maximum Gasteiger partial charge on any atom is 0.270 e. The Morgan fingerprint density at radius 2 is 1.62 bits per heavy atom. The number of carbonyl (C=O) groups excluding carboxylic acids is 1. The predicted molar refractivity (Wildman–Crippen MR) is 108 cm³/mol. The average molecular weight is 397 g/mol. The van der Waals surface area contributed by atoms with Crippen LogP contribution in [0.2, 0.25) is 0 Å². The van der Waals surface area contributed by atoms with Crippen LogP contribution in [0.4, 0.5) is 5.95 Å². The highest BCUT2D eigenvalue weighted by Gasteiger charge is 2.27. The van der Waals surface area contributed by atoms with Gasteiger partial charge in [-0.05, 0) is 24.8 Å². The van der Waals surface area contributed by atoms with Gasteiger partial charge in [-0.2, -0.15) is 0 Å². The summed E-state index contributed by atoms with van der Waals surface area (Å²) < 4.78 is 12.9. The lowest BCUT2D eigenvalue weighted by Gasteiger charge is -2.27. The van der Waals surface area contributed by atoms with Crippen molar-refractivity contribution >= 4 is 11.9 Å². The Balaban J connectivity index is 1.39. The molecule has 0 atom stereocenters. The Morgan fingerprint density at radius 1 is 0.966 bits per heavy atom. The number of hydrogen-bond acceptors (Lipinski definition) is 6. The van der Waals surface area contributed by atoms with Gasteiger partial charge in [0.15, 0.2) is 0 Å². The quantitative estimate of drug-likeness (QED) is 0.764. The van der Waals surface area contributed by atoms with E-state index in [0.29, 0.717) is 45.4 Å². The van der Waals surface area contributed by atoms with Crippen molar-refractivity contribution in [1.29, 1.82) is 0 Å². The van der Waals surface area contributed by atoms with Crippen molar-refractivity contribution < 1.29 is 14.3 Å². The Hall–Kier alpha value is -2.45. The minimum absolute atomic E-state index is 0.0889. The van der Waals surface area contributed by atoms with Gasteiger partial charge in [0.05, 0.1) is 26.4 Å². The first kappa shape index (κ1) is 18.6. The van der Waals surface area contributed by atoms with Gasteiger partial charge in [-0.25, -0.2) is 9.97 Å². The fraction of sp³-hybridized carbons (Fsp3) is 0.571. The number of carbonyl (C=O) groups is 1. The Morgan fingerprint density at radius 3 is 2.28 bits per heavy atom. The third-order valence-corrected chi connectivity index (χ3v) is 5.83. The van der Waals surface area contributed by atoms with Gasteiger partial charge in [0.1, 0.15) is 5.69 Å². The molecule has 1 aliphatic carbocycles. The fourth-order valence-corrected chi connectivity index (χ4v) is 3.90. The van der Waals surface area contributed by atoms with E-state index in [2.05, 4.69) is 25.6 Å². The molecule has 2 aromatic rings. The molecule has 3 aliphatic rings. The zero-order valence-electron chi connectivity index (χ0n) is 16.6. The third kappa shape index (κ3) is 4.13. The second kappa shape index (κ2) is 8.12. The molecular formula is C21H27N5O3. The maximum atomic E-state index is 13.1. The molecule has 154 valence electrons. The number of ether oxygens (including phenoxy) is 2. The normalized spacial score (nSPS) is 20.1. The van der Waals surface area contributed by atoms with Crippen LogP contribution in [0.25, 0.3) is 11.1 Å². The summed E-state index contributed by atoms with van der Waals surface area (Å²) in [6, 6.07) is 1.99. The van der Waals surface area contributed by atoms with E-state index >= 15 is 0 Å². The van der Waals surface area contributed by atoms with Gasteiger partial charge in [-0.1, -0.05) is 0 Å². The zero-order valence-corrected chi connectivity index (χ0v) is 16.6. The molecule has 1 saturated carbocycles. The molecule has 4 heterocycles. The predicted octanol–water partition coefficient (Wildman–Crippen LogP) is 1.66. The number of rotatable bonds is 5. The highest BCUT2D eigenvalue weighted by molar-refractivity contribution is 5.94. The minimum Gasteiger partial charge on any atom is -0.378 e. The molecule has 8 heteroatoms. The van der Waals surface area contributed by atoms with Crippen LogP contribution in [0.5, 0.6) is 0 Å². The highest BCUT2D eigenvalue weighted by atomic mass is 16.5. The zero-order chi connectivity index (χ0) is 19.6. The Kier molecular flexibility index (Phi) is 5.20. The summed E-state index contributed by atoms with van der Waals surface area (Å²) in [5, 5.41) is 0. The van der Waals surface area contributed by atoms with Crippen molar-refractivity contribution in [2.24, 2.45) is 5.92 Å². The number of aromatic nitrogens is 3. The topological polar surface area (TPSA) is 72.7 Å². The molecular weight excluding hydrogens is 370 g/mol. The van der Waals surface area contributed by atoms with Gasteiger partial charge in [-0.3, -0.25) is 4.79 Å². The molecule has 2 aromatic heterocycles. The SMILES string of the molecule is O=C(c1cc(-c2cnc(N3CCOCC3)nc2)cn1CC1CC1)N1CCOCC1. The molecule has 5 rings (SSSR count). The molecule has 0 aromatic carbocycles. The lowest BCUT2D eigenvalue weighted by atomic mass is 10.2. The van der Waals surface area contributed by atoms with Crippen molar-refractivity contribution in [3.63, 3.8) is 0 Å². The molecule has 8 nitrogen and oxygen atoms in total. The van der Waals surface area contributed by atoms with Gasteiger partial charge in [0, 0.05) is 62.4 Å². The van der Waals surface area contributed by atoms with Crippen molar-refractivity contribution in [3.05, 3.63) is 30.4 Å². The van der Waals surface area contributed by atoms with E-state index in [1.54, 1.807) is 0 Å². The van der Waals surface area contributed by atoms with E-state index in [0.717, 1.165) is 42.4 Å². The second-order valence-electron chi connectivity index (χ2n) is 7.99. The van der Waals surface area contributed by atoms with Gasteiger partial charge >= 0.3 is 0 Å². The number of anilines is 1. The number of hydrogen-bond donors (Lipinski definition) is 0. The molecule has 29 heavy (non-hydrogen) atoms. The molecule has 0 radical (unpaired) electrons. The third-order valence-electron chi connectivity index (χ3n) is 5.83. The van der Waals surface area contributed by atoms with Crippen LogP contribution in [0.15, 0.2) is 24.7 Å². The van der Waals surface area contributed by atoms with Gasteiger partial charge in [-0.15, -0.1) is 0 Å². The maximum absolute atomic E-state index is 13.1. The minimum atomic E-state index is 0.0889. The molecule has 2 saturated heterocycles. The van der Waals surface area contributed by atoms with Crippen LogP contribution in [0, 0.1) is 5.92 Å². The van der Waals surface area contributed by atoms with Crippen molar-refractivity contribution in [2.45, 2.75) is 19.4 Å². The lowest BCUT2D eigenvalue weighted by Crippen LogP contribution is -2.41. The van der Waals surface area contributed by atoms with Crippen LogP contribution in [0.1, 0.15) is 23.3 Å². The fourth-order valence-electron chi connectivity index (χ4n) is 3.90. The largest absolute Gasteiger partial charge is 0.378 e. The first-order valence-corrected chi connectivity index (χ1v) is 10.5. The summed E-state index contributed by atoms with van der Waals surface area (Å²) in [6.07, 6.45) is 8.29. The standard InChI is InChI=1S/C21H27N5O3/c27-20(24-3-7-28-8-4-24)19-11-17(15-26(19)14-16-1-2-16)18-12-22-21(23-13-18)25-5-9-29-10-6-25/h11-13,15-16H,1-10,14H2. The van der Waals surface area contributed by atoms with E-state index in [1.807, 2.05) is 23.4 Å². The van der Waals surface area contributed by atoms with Crippen molar-refractivity contribution in [2.75, 3.05) is 57.5 Å². The van der Waals surface area contributed by atoms with Crippen LogP contribution in [-0.2, 0) is 16.0 Å². The summed E-state index contributed by atoms with van der Waals surface area (Å²) in [5.74, 6) is 1.51. The van der Waals surface area contributed by atoms with Gasteiger partial charge in [0.2, 0.25) is 5.95 Å². The van der Waals surface area contributed by atoms with E-state index in [9.17, 15) is 4.79 Å². The van der Waals surface area contributed by atoms with Crippen molar-refractivity contribution in [3.8, 4) is 11.1 Å². The molecule has 1 amide bonds. The smallest absolute Gasteiger partial charge is 0.270 e. The van der Waals surface area contributed by atoms with Crippen molar-refractivity contribution in [1.82, 2.24) is 19.4 Å². The van der Waals surface area contributed by atoms with Crippen LogP contribution in [0.3, 0.4) is 0 Å². The van der Waals surface area contributed by atoms with E-state index in [-0.39, 0.29) is 5.91 Å². The molecule has 0 N–H and O–H groups in total. The number of amides is 1. The van der Waals surface area contributed by atoms with E-state index in [1.165, 1.54) is 12.8 Å². The van der Waals surface area contributed by atoms with E-state index < -0.39 is 0 Å². The van der Waals surface area contributed by atoms with Gasteiger partial charge < -0.3 is 23.8 Å². The Bertz CT molecular complexity index is 850. The second-order valence-corrected chi connectivity index (χ2v) is 7.99. The van der Waals surface area contributed by atoms with Crippen LogP contribution in [-0.4, -0.2) is 77.9 Å². The monoisotopic (exact) mass is 397 g/mol. The van der Waals surface area contributed by atoms with E-state index in [4.69, 9.17) is 9.47 Å².